The number of hydrogen-bond donors (Lipinski definition) is 2. The molecule has 0 saturated heterocycles. The molecule has 4 rings (SSSR count). The Hall–Kier alpha value is -4.66. The molecule has 1 aliphatic heterocycles. The maximum Gasteiger partial charge on any atom is 0.338 e. The van der Waals surface area contributed by atoms with Crippen molar-refractivity contribution in [3.63, 3.8) is 0 Å². The molecular weight excluding hydrogens is 462 g/mol. The lowest BCUT2D eigenvalue weighted by atomic mass is 10.0. The maximum absolute atomic E-state index is 13.5. The Bertz CT molecular complexity index is 1290. The molecule has 1 aliphatic rings. The third kappa shape index (κ3) is 5.20. The fourth-order valence-electron chi connectivity index (χ4n) is 3.89. The van der Waals surface area contributed by atoms with Gasteiger partial charge in [0.25, 0.3) is 5.91 Å². The summed E-state index contributed by atoms with van der Waals surface area (Å²) >= 11 is 0. The number of methoxy groups -OCH3 is 1. The first-order valence-corrected chi connectivity index (χ1v) is 11.4. The molecule has 3 aromatic carbocycles. The fraction of sp³-hybridized carbons (Fsp3) is 0.185. The maximum atomic E-state index is 13.5. The zero-order chi connectivity index (χ0) is 25.7. The van der Waals surface area contributed by atoms with Gasteiger partial charge in [0, 0.05) is 11.3 Å². The van der Waals surface area contributed by atoms with Gasteiger partial charge in [-0.25, -0.2) is 4.79 Å². The molecule has 0 saturated carbocycles. The molecule has 3 amide bonds. The van der Waals surface area contributed by atoms with Gasteiger partial charge >= 0.3 is 5.97 Å². The summed E-state index contributed by atoms with van der Waals surface area (Å²) < 4.78 is 10.1. The van der Waals surface area contributed by atoms with Crippen LogP contribution >= 0.6 is 0 Å². The van der Waals surface area contributed by atoms with Crippen molar-refractivity contribution in [2.75, 3.05) is 29.3 Å². The van der Waals surface area contributed by atoms with Crippen LogP contribution in [0.15, 0.2) is 72.8 Å². The van der Waals surface area contributed by atoms with Gasteiger partial charge < -0.3 is 20.1 Å². The van der Waals surface area contributed by atoms with Crippen LogP contribution < -0.4 is 20.3 Å². The van der Waals surface area contributed by atoms with Gasteiger partial charge in [-0.05, 0) is 67.6 Å². The normalized spacial score (nSPS) is 14.3. The molecule has 0 aliphatic carbocycles. The van der Waals surface area contributed by atoms with E-state index in [4.69, 9.17) is 9.47 Å². The Morgan fingerprint density at radius 2 is 1.61 bits per heavy atom. The van der Waals surface area contributed by atoms with Gasteiger partial charge in [0.2, 0.25) is 11.8 Å². The highest BCUT2D eigenvalue weighted by molar-refractivity contribution is 6.17. The second kappa shape index (κ2) is 10.7. The van der Waals surface area contributed by atoms with Crippen molar-refractivity contribution in [1.29, 1.82) is 0 Å². The largest absolute Gasteiger partial charge is 0.497 e. The molecule has 184 valence electrons. The van der Waals surface area contributed by atoms with Crippen molar-refractivity contribution in [2.45, 2.75) is 19.4 Å². The van der Waals surface area contributed by atoms with E-state index in [1.165, 1.54) is 24.1 Å². The number of anilines is 3. The number of carbonyl (C=O) groups is 4. The van der Waals surface area contributed by atoms with Crippen molar-refractivity contribution in [2.24, 2.45) is 0 Å². The summed E-state index contributed by atoms with van der Waals surface area (Å²) in [5.74, 6) is -1.22. The number of nitrogens with one attached hydrogen (secondary N) is 2. The quantitative estimate of drug-likeness (QED) is 0.489. The average Bonchev–Trinajstić information content (AvgIpc) is 2.89. The number of hydrogen-bond acceptors (Lipinski definition) is 6. The van der Waals surface area contributed by atoms with Crippen LogP contribution in [0, 0.1) is 0 Å². The molecule has 36 heavy (non-hydrogen) atoms. The minimum Gasteiger partial charge on any atom is -0.497 e. The third-order valence-electron chi connectivity index (χ3n) is 5.65. The Kier molecular flexibility index (Phi) is 7.29. The number of para-hydroxylation sites is 2. The summed E-state index contributed by atoms with van der Waals surface area (Å²) in [4.78, 5) is 52.6. The minimum absolute atomic E-state index is 0.260. The van der Waals surface area contributed by atoms with E-state index in [1.807, 2.05) is 0 Å². The number of fused-ring (bicyclic) bond motifs is 1. The summed E-state index contributed by atoms with van der Waals surface area (Å²) in [6.45, 7) is 1.98. The van der Waals surface area contributed by atoms with Crippen molar-refractivity contribution >= 4 is 40.8 Å². The molecule has 0 radical (unpaired) electrons. The third-order valence-corrected chi connectivity index (χ3v) is 5.65. The second-order valence-electron chi connectivity index (χ2n) is 7.98. The molecular formula is C27H25N3O6. The molecule has 0 spiro atoms. The minimum atomic E-state index is -1.08. The summed E-state index contributed by atoms with van der Waals surface area (Å²) in [5, 5.41) is 5.50. The molecule has 0 aromatic heterocycles. The van der Waals surface area contributed by atoms with Crippen LogP contribution in [0.25, 0.3) is 0 Å². The van der Waals surface area contributed by atoms with Gasteiger partial charge in [-0.3, -0.25) is 19.3 Å². The molecule has 2 N–H and O–H groups in total. The highest BCUT2D eigenvalue weighted by Gasteiger charge is 2.38. The van der Waals surface area contributed by atoms with Crippen molar-refractivity contribution in [3.8, 4) is 5.75 Å². The summed E-state index contributed by atoms with van der Waals surface area (Å²) in [6, 6.07) is 18.6. The van der Waals surface area contributed by atoms with E-state index < -0.39 is 29.7 Å². The first-order valence-electron chi connectivity index (χ1n) is 11.4. The lowest BCUT2D eigenvalue weighted by Crippen LogP contribution is -2.52. The van der Waals surface area contributed by atoms with Gasteiger partial charge in [0.15, 0.2) is 0 Å². The van der Waals surface area contributed by atoms with Gasteiger partial charge in [-0.15, -0.1) is 0 Å². The lowest BCUT2D eigenvalue weighted by molar-refractivity contribution is -0.122. The van der Waals surface area contributed by atoms with Gasteiger partial charge in [-0.1, -0.05) is 12.1 Å². The number of ether oxygens (including phenoxy) is 2. The van der Waals surface area contributed by atoms with Gasteiger partial charge in [0.05, 0.1) is 37.1 Å². The number of rotatable bonds is 7. The molecule has 3 aromatic rings. The first-order chi connectivity index (χ1) is 17.4. The van der Waals surface area contributed by atoms with E-state index in [9.17, 15) is 19.2 Å². The average molecular weight is 488 g/mol. The molecule has 9 nitrogen and oxygen atoms in total. The van der Waals surface area contributed by atoms with E-state index in [-0.39, 0.29) is 13.0 Å². The molecule has 0 unspecified atom stereocenters. The van der Waals surface area contributed by atoms with E-state index in [1.54, 1.807) is 67.6 Å². The molecule has 9 heteroatoms. The van der Waals surface area contributed by atoms with E-state index in [2.05, 4.69) is 10.6 Å². The zero-order valence-electron chi connectivity index (χ0n) is 19.8. The number of amides is 3. The fourth-order valence-corrected chi connectivity index (χ4v) is 3.89. The van der Waals surface area contributed by atoms with E-state index in [0.29, 0.717) is 33.9 Å². The van der Waals surface area contributed by atoms with Crippen LogP contribution in [0.2, 0.25) is 0 Å². The SMILES string of the molecule is CCOC(=O)c1ccc(NC(=O)C[C@@H]2C(=O)Nc3ccccc3N2C(=O)c2ccc(OC)cc2)cc1. The van der Waals surface area contributed by atoms with Gasteiger partial charge in [0.1, 0.15) is 11.8 Å². The van der Waals surface area contributed by atoms with Crippen molar-refractivity contribution in [3.05, 3.63) is 83.9 Å². The van der Waals surface area contributed by atoms with Crippen LogP contribution in [-0.2, 0) is 14.3 Å². The summed E-state index contributed by atoms with van der Waals surface area (Å²) in [5.41, 5.74) is 2.12. The van der Waals surface area contributed by atoms with Crippen LogP contribution in [0.4, 0.5) is 17.1 Å². The van der Waals surface area contributed by atoms with E-state index in [0.717, 1.165) is 0 Å². The summed E-state index contributed by atoms with van der Waals surface area (Å²) in [7, 11) is 1.53. The second-order valence-corrected chi connectivity index (χ2v) is 7.98. The Morgan fingerprint density at radius 1 is 0.944 bits per heavy atom. The summed E-state index contributed by atoms with van der Waals surface area (Å²) in [6.07, 6.45) is -0.276. The van der Waals surface area contributed by atoms with Crippen LogP contribution in [0.5, 0.6) is 5.75 Å². The van der Waals surface area contributed by atoms with Crippen molar-refractivity contribution in [1.82, 2.24) is 0 Å². The molecule has 0 fully saturated rings. The van der Waals surface area contributed by atoms with E-state index >= 15 is 0 Å². The van der Waals surface area contributed by atoms with Gasteiger partial charge in [-0.2, -0.15) is 0 Å². The number of benzene rings is 3. The topological polar surface area (TPSA) is 114 Å². The molecule has 1 heterocycles. The number of carbonyl (C=O) groups excluding carboxylic acids is 4. The number of esters is 1. The zero-order valence-corrected chi connectivity index (χ0v) is 19.8. The Morgan fingerprint density at radius 3 is 2.28 bits per heavy atom. The lowest BCUT2D eigenvalue weighted by Gasteiger charge is -2.36. The highest BCUT2D eigenvalue weighted by atomic mass is 16.5. The Labute approximate surface area is 208 Å². The van der Waals surface area contributed by atoms with Crippen LogP contribution in [-0.4, -0.2) is 43.4 Å². The predicted molar refractivity (Wildman–Crippen MR) is 134 cm³/mol. The Balaban J connectivity index is 1.56. The van der Waals surface area contributed by atoms with Crippen LogP contribution in [0.1, 0.15) is 34.1 Å². The monoisotopic (exact) mass is 487 g/mol. The van der Waals surface area contributed by atoms with Crippen molar-refractivity contribution < 1.29 is 28.7 Å². The van der Waals surface area contributed by atoms with Crippen LogP contribution in [0.3, 0.4) is 0 Å². The molecule has 0 bridgehead atoms. The highest BCUT2D eigenvalue weighted by Crippen LogP contribution is 2.34. The number of nitrogens with zero attached hydrogens (tertiary/aromatic N) is 1. The smallest absolute Gasteiger partial charge is 0.338 e. The standard InChI is InChI=1S/C27H25N3O6/c1-3-36-27(34)18-8-12-19(13-9-18)28-24(31)16-23-25(32)29-21-6-4-5-7-22(21)30(23)26(33)17-10-14-20(35-2)15-11-17/h4-15,23H,3,16H2,1-2H3,(H,28,31)(H,29,32)/t23-/m1/s1. The predicted octanol–water partition coefficient (Wildman–Crippen LogP) is 3.87. The first kappa shape index (κ1) is 24.5. The molecule has 1 atom stereocenters.